The van der Waals surface area contributed by atoms with Crippen LogP contribution in [0.25, 0.3) is 0 Å². The molecule has 28 heavy (non-hydrogen) atoms. The van der Waals surface area contributed by atoms with Crippen LogP contribution in [0.1, 0.15) is 22.3 Å². The number of sulfone groups is 1. The van der Waals surface area contributed by atoms with E-state index in [1.807, 2.05) is 5.32 Å². The number of alkyl halides is 3. The molecule has 8 nitrogen and oxygen atoms in total. The number of halogens is 3. The lowest BCUT2D eigenvalue weighted by atomic mass is 9.72. The topological polar surface area (TPSA) is 119 Å². The molecule has 0 unspecified atom stereocenters. The first kappa shape index (κ1) is 22.0. The van der Waals surface area contributed by atoms with Crippen molar-refractivity contribution in [3.8, 4) is 5.75 Å². The van der Waals surface area contributed by atoms with Gasteiger partial charge in [0, 0.05) is 6.26 Å². The van der Waals surface area contributed by atoms with E-state index < -0.39 is 47.4 Å². The lowest BCUT2D eigenvalue weighted by molar-refractivity contribution is -0.154. The van der Waals surface area contributed by atoms with Crippen LogP contribution in [0.3, 0.4) is 0 Å². The van der Waals surface area contributed by atoms with Crippen molar-refractivity contribution in [1.82, 2.24) is 5.32 Å². The smallest absolute Gasteiger partial charge is 0.534 e. The van der Waals surface area contributed by atoms with E-state index in [0.717, 1.165) is 6.26 Å². The highest BCUT2D eigenvalue weighted by molar-refractivity contribution is 7.90. The van der Waals surface area contributed by atoms with Gasteiger partial charge in [-0.3, -0.25) is 4.79 Å². The second kappa shape index (κ2) is 8.39. The molecule has 0 fully saturated rings. The minimum atomic E-state index is -4.69. The summed E-state index contributed by atoms with van der Waals surface area (Å²) in [5.41, 5.74) is 0.283. The normalized spacial score (nSPS) is 16.8. The number of carbonyl (C=O) groups is 2. The number of nitrogens with one attached hydrogen (secondary N) is 1. The first-order valence-electron chi connectivity index (χ1n) is 8.03. The summed E-state index contributed by atoms with van der Waals surface area (Å²) in [5, 5.41) is 12.1. The van der Waals surface area contributed by atoms with Crippen molar-refractivity contribution in [1.29, 1.82) is 0 Å². The molecule has 0 saturated carbocycles. The van der Waals surface area contributed by atoms with Crippen LogP contribution in [0, 0.1) is 0 Å². The van der Waals surface area contributed by atoms with Crippen molar-refractivity contribution in [2.24, 2.45) is 0 Å². The lowest BCUT2D eigenvalue weighted by Gasteiger charge is -2.29. The molecule has 0 saturated heterocycles. The maximum Gasteiger partial charge on any atom is 0.547 e. The number of fused-ring (bicyclic) bond motifs is 1. The molecule has 0 radical (unpaired) electrons. The Balaban J connectivity index is 2.09. The number of ether oxygens (including phenoxy) is 1. The summed E-state index contributed by atoms with van der Waals surface area (Å²) >= 11 is 0. The fourth-order valence-electron chi connectivity index (χ4n) is 2.51. The zero-order chi connectivity index (χ0) is 21.1. The van der Waals surface area contributed by atoms with E-state index in [0.29, 0.717) is 5.56 Å². The Labute approximate surface area is 159 Å². The minimum absolute atomic E-state index is 0.0410. The number of hydrogen-bond acceptors (Lipinski definition) is 7. The Kier molecular flexibility index (Phi) is 6.60. The van der Waals surface area contributed by atoms with E-state index in [-0.39, 0.29) is 30.1 Å². The fourth-order valence-corrected chi connectivity index (χ4v) is 2.90. The molecule has 2 rings (SSSR count). The zero-order valence-corrected chi connectivity index (χ0v) is 15.5. The molecule has 1 amide bonds. The van der Waals surface area contributed by atoms with Crippen molar-refractivity contribution >= 4 is 28.8 Å². The first-order valence-corrected chi connectivity index (χ1v) is 10.1. The van der Waals surface area contributed by atoms with Gasteiger partial charge in [-0.2, -0.15) is 13.2 Å². The molecule has 1 heterocycles. The number of amides is 1. The van der Waals surface area contributed by atoms with Gasteiger partial charge in [0.15, 0.2) is 9.84 Å². The van der Waals surface area contributed by atoms with Crippen molar-refractivity contribution in [2.45, 2.75) is 25.0 Å². The first-order chi connectivity index (χ1) is 12.9. The lowest BCUT2D eigenvalue weighted by Crippen LogP contribution is -2.53. The van der Waals surface area contributed by atoms with Crippen LogP contribution < -0.4 is 9.97 Å². The Hall–Kier alpha value is -2.28. The molecular formula is C15H17BF3NO7S. The van der Waals surface area contributed by atoms with Crippen molar-refractivity contribution in [3.63, 3.8) is 0 Å². The third-order valence-corrected chi connectivity index (χ3v) is 4.64. The molecular weight excluding hydrogens is 406 g/mol. The van der Waals surface area contributed by atoms with Crippen molar-refractivity contribution < 1.29 is 45.6 Å². The van der Waals surface area contributed by atoms with Crippen LogP contribution in [0.15, 0.2) is 18.2 Å². The summed E-state index contributed by atoms with van der Waals surface area (Å²) in [6, 6.07) is 4.30. The summed E-state index contributed by atoms with van der Waals surface area (Å²) in [7, 11) is -5.01. The summed E-state index contributed by atoms with van der Waals surface area (Å²) in [4.78, 5) is 23.6. The second-order valence-corrected chi connectivity index (χ2v) is 8.50. The third-order valence-electron chi connectivity index (χ3n) is 3.73. The number of carbonyl (C=O) groups excluding carboxylic acids is 2. The van der Waals surface area contributed by atoms with Crippen LogP contribution in [0.4, 0.5) is 13.2 Å². The van der Waals surface area contributed by atoms with E-state index in [9.17, 15) is 36.2 Å². The van der Waals surface area contributed by atoms with Crippen LogP contribution in [0.5, 0.6) is 5.75 Å². The van der Waals surface area contributed by atoms with Crippen LogP contribution >= 0.6 is 0 Å². The molecule has 154 valence electrons. The molecule has 0 bridgehead atoms. The predicted molar refractivity (Wildman–Crippen MR) is 91.3 cm³/mol. The van der Waals surface area contributed by atoms with Crippen molar-refractivity contribution in [3.05, 3.63) is 29.3 Å². The molecule has 0 aromatic heterocycles. The Morgan fingerprint density at radius 1 is 1.39 bits per heavy atom. The van der Waals surface area contributed by atoms with Gasteiger partial charge in [0.1, 0.15) is 24.3 Å². The monoisotopic (exact) mass is 423 g/mol. The highest BCUT2D eigenvalue weighted by Gasteiger charge is 2.40. The quantitative estimate of drug-likeness (QED) is 0.499. The number of benzene rings is 1. The highest BCUT2D eigenvalue weighted by atomic mass is 32.2. The van der Waals surface area contributed by atoms with Crippen molar-refractivity contribution in [2.75, 3.05) is 18.6 Å². The summed E-state index contributed by atoms with van der Waals surface area (Å²) < 4.78 is 69.1. The van der Waals surface area contributed by atoms with Gasteiger partial charge in [0.2, 0.25) is 5.91 Å². The van der Waals surface area contributed by atoms with E-state index >= 15 is 0 Å². The standard InChI is InChI=1S/C15H17BF3NO7S/c1-28(24,25)6-5-26-14(22)10-4-2-3-9-7-11(16(23)27-13(9)10)20-12(21)8-15(17,18)19/h2-4,11,23H,5-8H2,1H3,(H,20,21)/t11-/m0/s1. The van der Waals surface area contributed by atoms with Gasteiger partial charge < -0.3 is 19.7 Å². The molecule has 1 aromatic carbocycles. The van der Waals surface area contributed by atoms with Crippen LogP contribution in [0.2, 0.25) is 0 Å². The average molecular weight is 423 g/mol. The molecule has 1 aliphatic heterocycles. The summed E-state index contributed by atoms with van der Waals surface area (Å²) in [5.74, 6) is -3.75. The molecule has 1 aliphatic rings. The van der Waals surface area contributed by atoms with Gasteiger partial charge in [-0.25, -0.2) is 13.2 Å². The molecule has 13 heteroatoms. The highest BCUT2D eigenvalue weighted by Crippen LogP contribution is 2.31. The minimum Gasteiger partial charge on any atom is -0.534 e. The molecule has 2 N–H and O–H groups in total. The van der Waals surface area contributed by atoms with Crippen LogP contribution in [-0.2, 0) is 25.8 Å². The molecule has 1 atom stereocenters. The number of hydrogen-bond donors (Lipinski definition) is 2. The summed E-state index contributed by atoms with van der Waals surface area (Å²) in [6.07, 6.45) is -5.48. The van der Waals surface area contributed by atoms with Gasteiger partial charge in [-0.15, -0.1) is 0 Å². The second-order valence-electron chi connectivity index (χ2n) is 6.24. The maximum absolute atomic E-state index is 12.3. The van der Waals surface area contributed by atoms with Gasteiger partial charge in [0.05, 0.1) is 11.7 Å². The van der Waals surface area contributed by atoms with Gasteiger partial charge in [-0.1, -0.05) is 12.1 Å². The van der Waals surface area contributed by atoms with Crippen LogP contribution in [-0.4, -0.2) is 63.2 Å². The van der Waals surface area contributed by atoms with Gasteiger partial charge >= 0.3 is 19.3 Å². The predicted octanol–water partition coefficient (Wildman–Crippen LogP) is 0.280. The fraction of sp³-hybridized carbons (Fsp3) is 0.467. The largest absolute Gasteiger partial charge is 0.547 e. The average Bonchev–Trinajstić information content (AvgIpc) is 2.52. The summed E-state index contributed by atoms with van der Waals surface area (Å²) in [6.45, 7) is -0.375. The molecule has 0 spiro atoms. The maximum atomic E-state index is 12.3. The van der Waals surface area contributed by atoms with Gasteiger partial charge in [0.25, 0.3) is 0 Å². The number of rotatable bonds is 6. The molecule has 0 aliphatic carbocycles. The number of para-hydroxylation sites is 1. The van der Waals surface area contributed by atoms with E-state index in [4.69, 9.17) is 9.39 Å². The molecule has 1 aromatic rings. The SMILES string of the molecule is CS(=O)(=O)CCOC(=O)c1cccc2c1OB(O)[C@@H](NC(=O)CC(F)(F)F)C2. The Bertz CT molecular complexity index is 860. The van der Waals surface area contributed by atoms with E-state index in [2.05, 4.69) is 0 Å². The van der Waals surface area contributed by atoms with Gasteiger partial charge in [-0.05, 0) is 18.1 Å². The Morgan fingerprint density at radius 2 is 2.07 bits per heavy atom. The van der Waals surface area contributed by atoms with E-state index in [1.54, 1.807) is 0 Å². The van der Waals surface area contributed by atoms with E-state index in [1.165, 1.54) is 18.2 Å². The zero-order valence-electron chi connectivity index (χ0n) is 14.7. The third kappa shape index (κ3) is 6.41. The Morgan fingerprint density at radius 3 is 2.68 bits per heavy atom. The number of esters is 1.